The Morgan fingerprint density at radius 3 is 2.28 bits per heavy atom. The van der Waals surface area contributed by atoms with Crippen molar-refractivity contribution in [3.8, 4) is 5.75 Å². The molecular weight excluding hydrogens is 452 g/mol. The summed E-state index contributed by atoms with van der Waals surface area (Å²) >= 11 is 1.57. The summed E-state index contributed by atoms with van der Waals surface area (Å²) in [5.74, 6) is -1.43. The summed E-state index contributed by atoms with van der Waals surface area (Å²) in [6.07, 6.45) is 1.95. The second kappa shape index (κ2) is 10.3. The molecule has 2 aromatic rings. The van der Waals surface area contributed by atoms with Crippen molar-refractivity contribution in [1.29, 1.82) is 0 Å². The van der Waals surface area contributed by atoms with Gasteiger partial charge in [-0.1, -0.05) is 12.1 Å². The quantitative estimate of drug-likeness (QED) is 0.443. The summed E-state index contributed by atoms with van der Waals surface area (Å²) in [5, 5.41) is 5.38. The normalized spacial score (nSPS) is 20.7. The number of thioether (sulfide) groups is 1. The van der Waals surface area contributed by atoms with E-state index in [1.807, 2.05) is 30.5 Å². The molecule has 3 unspecified atom stereocenters. The fourth-order valence-corrected chi connectivity index (χ4v) is 5.58. The van der Waals surface area contributed by atoms with Crippen molar-refractivity contribution in [1.82, 2.24) is 10.6 Å². The van der Waals surface area contributed by atoms with E-state index in [-0.39, 0.29) is 11.5 Å². The van der Waals surface area contributed by atoms with Gasteiger partial charge in [-0.15, -0.1) is 11.8 Å². The molecule has 1 aliphatic heterocycles. The third kappa shape index (κ3) is 5.36. The highest BCUT2D eigenvalue weighted by Crippen LogP contribution is 2.32. The average Bonchev–Trinajstić information content (AvgIpc) is 2.78. The van der Waals surface area contributed by atoms with Gasteiger partial charge in [0, 0.05) is 4.90 Å². The van der Waals surface area contributed by atoms with Gasteiger partial charge in [0.1, 0.15) is 11.7 Å². The molecule has 0 bridgehead atoms. The lowest BCUT2D eigenvalue weighted by Gasteiger charge is -2.38. The molecule has 8 nitrogen and oxygen atoms in total. The lowest BCUT2D eigenvalue weighted by atomic mass is 9.86. The highest BCUT2D eigenvalue weighted by molar-refractivity contribution is 7.98. The fourth-order valence-electron chi connectivity index (χ4n) is 3.66. The van der Waals surface area contributed by atoms with Gasteiger partial charge in [-0.2, -0.15) is 0 Å². The number of carbonyl (C=O) groups is 2. The number of ether oxygens (including phenoxy) is 2. The molecule has 1 fully saturated rings. The minimum Gasteiger partial charge on any atom is -0.497 e. The molecule has 1 aliphatic rings. The van der Waals surface area contributed by atoms with Gasteiger partial charge in [0.05, 0.1) is 36.4 Å². The van der Waals surface area contributed by atoms with Crippen molar-refractivity contribution in [3.05, 3.63) is 54.1 Å². The topological polar surface area (TPSA) is 111 Å². The summed E-state index contributed by atoms with van der Waals surface area (Å²) in [6, 6.07) is 11.2. The van der Waals surface area contributed by atoms with Crippen molar-refractivity contribution < 1.29 is 27.5 Å². The highest BCUT2D eigenvalue weighted by Gasteiger charge is 2.44. The molecule has 3 atom stereocenters. The van der Waals surface area contributed by atoms with Gasteiger partial charge >= 0.3 is 12.0 Å². The number of esters is 1. The Balaban J connectivity index is 1.95. The first-order valence-corrected chi connectivity index (χ1v) is 12.9. The Hall–Kier alpha value is -2.72. The molecule has 1 heterocycles. The predicted octanol–water partition coefficient (Wildman–Crippen LogP) is 2.79. The molecule has 0 aliphatic carbocycles. The van der Waals surface area contributed by atoms with Crippen LogP contribution in [0, 0.1) is 5.92 Å². The van der Waals surface area contributed by atoms with Crippen LogP contribution in [0.5, 0.6) is 5.75 Å². The van der Waals surface area contributed by atoms with E-state index in [2.05, 4.69) is 10.6 Å². The zero-order valence-electron chi connectivity index (χ0n) is 18.0. The van der Waals surface area contributed by atoms with Gasteiger partial charge in [-0.3, -0.25) is 4.79 Å². The van der Waals surface area contributed by atoms with Crippen molar-refractivity contribution in [2.75, 3.05) is 25.7 Å². The van der Waals surface area contributed by atoms with Crippen LogP contribution in [-0.2, 0) is 19.4 Å². The van der Waals surface area contributed by atoms with Crippen LogP contribution >= 0.6 is 11.8 Å². The molecule has 0 aromatic heterocycles. The number of nitrogens with one attached hydrogen (secondary N) is 2. The maximum absolute atomic E-state index is 13.1. The number of urea groups is 1. The molecule has 2 aromatic carbocycles. The number of carbonyl (C=O) groups excluding carboxylic acids is 2. The Labute approximate surface area is 192 Å². The number of hydrogen-bond donors (Lipinski definition) is 2. The minimum atomic E-state index is -3.82. The molecule has 0 spiro atoms. The maximum atomic E-state index is 13.1. The van der Waals surface area contributed by atoms with Crippen molar-refractivity contribution in [2.24, 2.45) is 5.92 Å². The number of rotatable bonds is 8. The molecule has 0 radical (unpaired) electrons. The van der Waals surface area contributed by atoms with E-state index < -0.39 is 45.6 Å². The van der Waals surface area contributed by atoms with Crippen LogP contribution in [-0.4, -0.2) is 52.2 Å². The number of benzene rings is 2. The highest BCUT2D eigenvalue weighted by atomic mass is 32.2. The van der Waals surface area contributed by atoms with Crippen molar-refractivity contribution in [3.63, 3.8) is 0 Å². The van der Waals surface area contributed by atoms with Crippen LogP contribution in [0.4, 0.5) is 4.79 Å². The van der Waals surface area contributed by atoms with Gasteiger partial charge in [-0.05, 0) is 55.1 Å². The van der Waals surface area contributed by atoms with Crippen LogP contribution in [0.1, 0.15) is 18.5 Å². The first-order valence-electron chi connectivity index (χ1n) is 10.0. The average molecular weight is 479 g/mol. The van der Waals surface area contributed by atoms with Crippen molar-refractivity contribution in [2.45, 2.75) is 28.8 Å². The number of amides is 2. The molecule has 10 heteroatoms. The standard InChI is InChI=1S/C22H26N2O6S2/c1-4-30-21(25)19-18(13-32(27,28)17-11-7-15(29-2)8-12-17)23-22(26)24-20(19)14-5-9-16(31-3)10-6-14/h5-12,18-20H,4,13H2,1-3H3,(H2,23,24,26). The first kappa shape index (κ1) is 23.9. The van der Waals surface area contributed by atoms with Crippen molar-refractivity contribution >= 4 is 33.6 Å². The summed E-state index contributed by atoms with van der Waals surface area (Å²) in [7, 11) is -2.33. The van der Waals surface area contributed by atoms with Gasteiger partial charge in [0.25, 0.3) is 0 Å². The van der Waals surface area contributed by atoms with E-state index in [9.17, 15) is 18.0 Å². The molecule has 2 amide bonds. The van der Waals surface area contributed by atoms with Gasteiger partial charge < -0.3 is 20.1 Å². The molecule has 172 valence electrons. The lowest BCUT2D eigenvalue weighted by Crippen LogP contribution is -2.60. The van der Waals surface area contributed by atoms with Gasteiger partial charge in [0.2, 0.25) is 0 Å². The molecule has 1 saturated heterocycles. The largest absolute Gasteiger partial charge is 0.497 e. The third-order valence-electron chi connectivity index (χ3n) is 5.25. The van der Waals surface area contributed by atoms with E-state index >= 15 is 0 Å². The zero-order chi connectivity index (χ0) is 23.3. The third-order valence-corrected chi connectivity index (χ3v) is 7.78. The van der Waals surface area contributed by atoms with E-state index in [1.54, 1.807) is 30.8 Å². The van der Waals surface area contributed by atoms with Crippen LogP contribution in [0.25, 0.3) is 0 Å². The first-order chi connectivity index (χ1) is 15.3. The number of methoxy groups -OCH3 is 1. The van der Waals surface area contributed by atoms with Crippen LogP contribution in [0.15, 0.2) is 58.3 Å². The number of hydrogen-bond acceptors (Lipinski definition) is 7. The van der Waals surface area contributed by atoms with Crippen LogP contribution in [0.2, 0.25) is 0 Å². The predicted molar refractivity (Wildman–Crippen MR) is 122 cm³/mol. The summed E-state index contributed by atoms with van der Waals surface area (Å²) < 4.78 is 36.5. The Bertz CT molecular complexity index is 1050. The Morgan fingerprint density at radius 1 is 1.06 bits per heavy atom. The van der Waals surface area contributed by atoms with E-state index in [0.29, 0.717) is 11.3 Å². The SMILES string of the molecule is CCOC(=O)C1C(CS(=O)(=O)c2ccc(OC)cc2)NC(=O)NC1c1ccc(SC)cc1. The van der Waals surface area contributed by atoms with Crippen LogP contribution in [0.3, 0.4) is 0 Å². The fraction of sp³-hybridized carbons (Fsp3) is 0.364. The molecular formula is C22H26N2O6S2. The molecule has 2 N–H and O–H groups in total. The van der Waals surface area contributed by atoms with E-state index in [4.69, 9.17) is 9.47 Å². The Kier molecular flexibility index (Phi) is 7.68. The van der Waals surface area contributed by atoms with E-state index in [1.165, 1.54) is 19.2 Å². The van der Waals surface area contributed by atoms with Gasteiger partial charge in [-0.25, -0.2) is 13.2 Å². The monoisotopic (exact) mass is 478 g/mol. The van der Waals surface area contributed by atoms with Gasteiger partial charge in [0.15, 0.2) is 9.84 Å². The maximum Gasteiger partial charge on any atom is 0.315 e. The lowest BCUT2D eigenvalue weighted by molar-refractivity contribution is -0.150. The second-order valence-corrected chi connectivity index (χ2v) is 10.1. The van der Waals surface area contributed by atoms with E-state index in [0.717, 1.165) is 4.90 Å². The Morgan fingerprint density at radius 2 is 1.72 bits per heavy atom. The summed E-state index contributed by atoms with van der Waals surface area (Å²) in [4.78, 5) is 26.4. The second-order valence-electron chi connectivity index (χ2n) is 7.21. The minimum absolute atomic E-state index is 0.0783. The molecule has 3 rings (SSSR count). The summed E-state index contributed by atoms with van der Waals surface area (Å²) in [6.45, 7) is 1.82. The molecule has 32 heavy (non-hydrogen) atoms. The zero-order valence-corrected chi connectivity index (χ0v) is 19.7. The molecule has 0 saturated carbocycles. The smallest absolute Gasteiger partial charge is 0.315 e. The summed E-state index contributed by atoms with van der Waals surface area (Å²) in [5.41, 5.74) is 0.697. The number of sulfone groups is 1. The van der Waals surface area contributed by atoms with Crippen LogP contribution < -0.4 is 15.4 Å².